The van der Waals surface area contributed by atoms with Crippen LogP contribution >= 0.6 is 0 Å². The SMILES string of the molecule is CCNC(=O)NC(=O)Cn1cc(CNC(=O)CN)nn1. The number of hydrogen-bond acceptors (Lipinski definition) is 6. The molecule has 0 aliphatic carbocycles. The van der Waals surface area contributed by atoms with E-state index < -0.39 is 11.9 Å². The first-order valence-corrected chi connectivity index (χ1v) is 5.98. The van der Waals surface area contributed by atoms with Crippen LogP contribution in [-0.4, -0.2) is 45.9 Å². The fourth-order valence-corrected chi connectivity index (χ4v) is 1.28. The van der Waals surface area contributed by atoms with Crippen LogP contribution < -0.4 is 21.7 Å². The van der Waals surface area contributed by atoms with Crippen molar-refractivity contribution in [2.75, 3.05) is 13.1 Å². The van der Waals surface area contributed by atoms with Crippen molar-refractivity contribution in [2.45, 2.75) is 20.0 Å². The Balaban J connectivity index is 2.41. The van der Waals surface area contributed by atoms with E-state index in [-0.39, 0.29) is 25.5 Å². The van der Waals surface area contributed by atoms with E-state index in [2.05, 4.69) is 26.3 Å². The smallest absolute Gasteiger partial charge is 0.321 e. The molecule has 0 radical (unpaired) electrons. The van der Waals surface area contributed by atoms with Crippen molar-refractivity contribution >= 4 is 17.8 Å². The van der Waals surface area contributed by atoms with Crippen LogP contribution in [0.2, 0.25) is 0 Å². The molecule has 0 atom stereocenters. The van der Waals surface area contributed by atoms with E-state index in [4.69, 9.17) is 5.73 Å². The van der Waals surface area contributed by atoms with Gasteiger partial charge in [-0.15, -0.1) is 5.10 Å². The molecule has 1 rings (SSSR count). The first kappa shape index (κ1) is 15.6. The highest BCUT2D eigenvalue weighted by Crippen LogP contribution is 1.92. The second kappa shape index (κ2) is 7.84. The van der Waals surface area contributed by atoms with Gasteiger partial charge in [0.2, 0.25) is 11.8 Å². The summed E-state index contributed by atoms with van der Waals surface area (Å²) in [6.45, 7) is 2.09. The van der Waals surface area contributed by atoms with Crippen molar-refractivity contribution in [3.63, 3.8) is 0 Å². The van der Waals surface area contributed by atoms with Gasteiger partial charge in [-0.3, -0.25) is 14.9 Å². The summed E-state index contributed by atoms with van der Waals surface area (Å²) >= 11 is 0. The number of urea groups is 1. The minimum Gasteiger partial charge on any atom is -0.349 e. The summed E-state index contributed by atoms with van der Waals surface area (Å²) in [6.07, 6.45) is 1.49. The Bertz CT molecular complexity index is 485. The number of aromatic nitrogens is 3. The van der Waals surface area contributed by atoms with Crippen molar-refractivity contribution in [3.05, 3.63) is 11.9 Å². The molecular formula is C10H17N7O3. The normalized spacial score (nSPS) is 9.90. The number of nitrogens with one attached hydrogen (secondary N) is 3. The number of amides is 4. The zero-order valence-corrected chi connectivity index (χ0v) is 11.0. The minimum absolute atomic E-state index is 0.108. The Morgan fingerprint density at radius 1 is 1.30 bits per heavy atom. The fourth-order valence-electron chi connectivity index (χ4n) is 1.28. The lowest BCUT2D eigenvalue weighted by molar-refractivity contribution is -0.121. The lowest BCUT2D eigenvalue weighted by Crippen LogP contribution is -2.40. The van der Waals surface area contributed by atoms with Gasteiger partial charge in [-0.1, -0.05) is 5.21 Å². The maximum absolute atomic E-state index is 11.5. The van der Waals surface area contributed by atoms with E-state index in [9.17, 15) is 14.4 Å². The van der Waals surface area contributed by atoms with Crippen LogP contribution in [0.5, 0.6) is 0 Å². The van der Waals surface area contributed by atoms with Crippen molar-refractivity contribution in [1.29, 1.82) is 0 Å². The third-order valence-electron chi connectivity index (χ3n) is 2.13. The van der Waals surface area contributed by atoms with Crippen molar-refractivity contribution < 1.29 is 14.4 Å². The molecule has 5 N–H and O–H groups in total. The van der Waals surface area contributed by atoms with Crippen LogP contribution in [0.25, 0.3) is 0 Å². The summed E-state index contributed by atoms with van der Waals surface area (Å²) in [6, 6.07) is -0.562. The largest absolute Gasteiger partial charge is 0.349 e. The van der Waals surface area contributed by atoms with E-state index in [0.29, 0.717) is 12.2 Å². The molecule has 110 valence electrons. The molecule has 0 unspecified atom stereocenters. The summed E-state index contributed by atoms with van der Waals surface area (Å²) in [4.78, 5) is 33.5. The predicted octanol–water partition coefficient (Wildman–Crippen LogP) is -2.30. The van der Waals surface area contributed by atoms with Gasteiger partial charge in [0, 0.05) is 6.54 Å². The molecule has 0 saturated heterocycles. The molecule has 20 heavy (non-hydrogen) atoms. The topological polar surface area (TPSA) is 144 Å². The summed E-state index contributed by atoms with van der Waals surface area (Å²) in [5, 5.41) is 14.6. The molecule has 10 heteroatoms. The number of carbonyl (C=O) groups excluding carboxylic acids is 3. The van der Waals surface area contributed by atoms with Crippen LogP contribution in [0.15, 0.2) is 6.20 Å². The first-order chi connectivity index (χ1) is 9.55. The van der Waals surface area contributed by atoms with E-state index in [0.717, 1.165) is 0 Å². The van der Waals surface area contributed by atoms with E-state index in [1.54, 1.807) is 6.92 Å². The van der Waals surface area contributed by atoms with Gasteiger partial charge in [-0.25, -0.2) is 9.48 Å². The number of carbonyl (C=O) groups is 3. The van der Waals surface area contributed by atoms with Gasteiger partial charge >= 0.3 is 6.03 Å². The lowest BCUT2D eigenvalue weighted by atomic mass is 10.4. The molecule has 4 amide bonds. The molecule has 0 fully saturated rings. The molecule has 0 aromatic carbocycles. The van der Waals surface area contributed by atoms with Gasteiger partial charge in [0.1, 0.15) is 12.2 Å². The Labute approximate surface area is 115 Å². The second-order valence-corrected chi connectivity index (χ2v) is 3.80. The number of hydrogen-bond donors (Lipinski definition) is 4. The third kappa shape index (κ3) is 5.44. The first-order valence-electron chi connectivity index (χ1n) is 5.98. The van der Waals surface area contributed by atoms with Gasteiger partial charge in [-0.05, 0) is 6.92 Å². The highest BCUT2D eigenvalue weighted by molar-refractivity contribution is 5.94. The van der Waals surface area contributed by atoms with Crippen molar-refractivity contribution in [1.82, 2.24) is 30.9 Å². The molecule has 0 bridgehead atoms. The average molecular weight is 283 g/mol. The summed E-state index contributed by atoms with van der Waals surface area (Å²) in [7, 11) is 0. The Morgan fingerprint density at radius 3 is 2.70 bits per heavy atom. The van der Waals surface area contributed by atoms with Gasteiger partial charge < -0.3 is 16.4 Å². The highest BCUT2D eigenvalue weighted by Gasteiger charge is 2.09. The van der Waals surface area contributed by atoms with Gasteiger partial charge in [0.05, 0.1) is 19.3 Å². The number of nitrogens with zero attached hydrogens (tertiary/aromatic N) is 3. The summed E-state index contributed by atoms with van der Waals surface area (Å²) < 4.78 is 1.26. The molecule has 10 nitrogen and oxygen atoms in total. The monoisotopic (exact) mass is 283 g/mol. The Kier molecular flexibility index (Phi) is 6.10. The van der Waals surface area contributed by atoms with Crippen molar-refractivity contribution in [2.24, 2.45) is 5.73 Å². The van der Waals surface area contributed by atoms with E-state index >= 15 is 0 Å². The zero-order valence-electron chi connectivity index (χ0n) is 11.0. The van der Waals surface area contributed by atoms with Crippen molar-refractivity contribution in [3.8, 4) is 0 Å². The molecule has 0 aliphatic rings. The molecular weight excluding hydrogens is 266 g/mol. The van der Waals surface area contributed by atoms with Crippen LogP contribution in [0.1, 0.15) is 12.6 Å². The molecule has 1 aromatic heterocycles. The quantitative estimate of drug-likeness (QED) is 0.462. The van der Waals surface area contributed by atoms with E-state index in [1.165, 1.54) is 10.9 Å². The number of imide groups is 1. The number of rotatable bonds is 6. The minimum atomic E-state index is -0.562. The van der Waals surface area contributed by atoms with E-state index in [1.807, 2.05) is 0 Å². The molecule has 1 aromatic rings. The Morgan fingerprint density at radius 2 is 2.05 bits per heavy atom. The molecule has 1 heterocycles. The van der Waals surface area contributed by atoms with Gasteiger partial charge in [-0.2, -0.15) is 0 Å². The molecule has 0 aliphatic heterocycles. The average Bonchev–Trinajstić information content (AvgIpc) is 2.83. The maximum atomic E-state index is 11.5. The van der Waals surface area contributed by atoms with Crippen LogP contribution in [0.3, 0.4) is 0 Å². The maximum Gasteiger partial charge on any atom is 0.321 e. The van der Waals surface area contributed by atoms with Crippen LogP contribution in [0, 0.1) is 0 Å². The standard InChI is InChI=1S/C10H17N7O3/c1-2-12-10(20)14-9(19)6-17-5-7(15-16-17)4-13-8(18)3-11/h5H,2-4,6,11H2,1H3,(H,13,18)(H2,12,14,19,20). The van der Waals surface area contributed by atoms with Crippen LogP contribution in [0.4, 0.5) is 4.79 Å². The fraction of sp³-hybridized carbons (Fsp3) is 0.500. The Hall–Kier alpha value is -2.49. The van der Waals surface area contributed by atoms with Crippen LogP contribution in [-0.2, 0) is 22.7 Å². The zero-order chi connectivity index (χ0) is 15.0. The summed E-state index contributed by atoms with van der Waals surface area (Å²) in [5.41, 5.74) is 5.62. The second-order valence-electron chi connectivity index (χ2n) is 3.80. The number of nitrogens with two attached hydrogens (primary N) is 1. The summed E-state index contributed by atoms with van der Waals surface area (Å²) in [5.74, 6) is -0.827. The van der Waals surface area contributed by atoms with Gasteiger partial charge in [0.15, 0.2) is 0 Å². The lowest BCUT2D eigenvalue weighted by Gasteiger charge is -2.03. The predicted molar refractivity (Wildman–Crippen MR) is 68.1 cm³/mol. The third-order valence-corrected chi connectivity index (χ3v) is 2.13. The highest BCUT2D eigenvalue weighted by atomic mass is 16.2. The molecule has 0 spiro atoms. The van der Waals surface area contributed by atoms with Gasteiger partial charge in [0.25, 0.3) is 0 Å². The molecule has 0 saturated carbocycles.